The van der Waals surface area contributed by atoms with E-state index in [2.05, 4.69) is 14.7 Å². The molecule has 3 aromatic carbocycles. The lowest BCUT2D eigenvalue weighted by molar-refractivity contribution is 0.143. The standard InChI is InChI=1S/C35H38F3N5O2/c1-24(2)30-5-3-17-40-34(30)43(29-15-16-33(45-39)32(38)23-29)35(44)42-21-19-41(20-22-42)18-4-6-31(25-7-11-27(36)12-8-25)26-9-13-28(37)14-10-26/h3,5,7-17,23-24,31H,4,6,18-22,39H2,1-2H3. The van der Waals surface area contributed by atoms with E-state index in [-0.39, 0.29) is 35.3 Å². The molecule has 0 atom stereocenters. The summed E-state index contributed by atoms with van der Waals surface area (Å²) in [5, 5.41) is 0. The molecule has 5 rings (SSSR count). The Hall–Kier alpha value is -4.41. The first kappa shape index (κ1) is 32.0. The molecule has 1 aromatic heterocycles. The smallest absolute Gasteiger partial charge is 0.330 e. The number of piperazine rings is 1. The molecule has 10 heteroatoms. The van der Waals surface area contributed by atoms with Crippen molar-refractivity contribution in [1.29, 1.82) is 0 Å². The van der Waals surface area contributed by atoms with Crippen molar-refractivity contribution in [2.75, 3.05) is 37.6 Å². The number of anilines is 2. The monoisotopic (exact) mass is 617 g/mol. The summed E-state index contributed by atoms with van der Waals surface area (Å²) in [5.74, 6) is 4.34. The molecule has 1 saturated heterocycles. The van der Waals surface area contributed by atoms with E-state index in [0.29, 0.717) is 37.7 Å². The first-order valence-electron chi connectivity index (χ1n) is 15.2. The summed E-state index contributed by atoms with van der Waals surface area (Å²) < 4.78 is 42.0. The number of nitrogens with zero attached hydrogens (tertiary/aromatic N) is 4. The zero-order valence-electron chi connectivity index (χ0n) is 25.5. The second kappa shape index (κ2) is 14.6. The van der Waals surface area contributed by atoms with Gasteiger partial charge in [0.1, 0.15) is 17.5 Å². The third-order valence-electron chi connectivity index (χ3n) is 8.30. The van der Waals surface area contributed by atoms with Gasteiger partial charge in [0, 0.05) is 44.4 Å². The van der Waals surface area contributed by atoms with Gasteiger partial charge in [-0.15, -0.1) is 0 Å². The van der Waals surface area contributed by atoms with Gasteiger partial charge >= 0.3 is 6.03 Å². The topological polar surface area (TPSA) is 74.9 Å². The number of urea groups is 1. The van der Waals surface area contributed by atoms with Crippen molar-refractivity contribution in [2.45, 2.75) is 38.5 Å². The van der Waals surface area contributed by atoms with Crippen LogP contribution in [0.2, 0.25) is 0 Å². The number of hydrogen-bond acceptors (Lipinski definition) is 5. The van der Waals surface area contributed by atoms with E-state index in [9.17, 15) is 18.0 Å². The molecule has 0 saturated carbocycles. The molecule has 1 aliphatic rings. The molecule has 0 bridgehead atoms. The Morgan fingerprint density at radius 3 is 2.09 bits per heavy atom. The molecular formula is C35H38F3N5O2. The zero-order chi connectivity index (χ0) is 31.9. The van der Waals surface area contributed by atoms with Crippen LogP contribution >= 0.6 is 0 Å². The molecular weight excluding hydrogens is 579 g/mol. The maximum absolute atomic E-state index is 14.8. The van der Waals surface area contributed by atoms with Crippen LogP contribution in [0.25, 0.3) is 0 Å². The average Bonchev–Trinajstić information content (AvgIpc) is 3.05. The number of carbonyl (C=O) groups is 1. The lowest BCUT2D eigenvalue weighted by atomic mass is 9.87. The highest BCUT2D eigenvalue weighted by molar-refractivity contribution is 5.99. The highest BCUT2D eigenvalue weighted by Crippen LogP contribution is 2.34. The fourth-order valence-corrected chi connectivity index (χ4v) is 5.83. The lowest BCUT2D eigenvalue weighted by Gasteiger charge is -2.38. The summed E-state index contributed by atoms with van der Waals surface area (Å²) in [6.45, 7) is 7.18. The van der Waals surface area contributed by atoms with Crippen LogP contribution in [0.4, 0.5) is 29.5 Å². The number of pyridine rings is 1. The van der Waals surface area contributed by atoms with E-state index in [1.807, 2.05) is 26.0 Å². The summed E-state index contributed by atoms with van der Waals surface area (Å²) in [7, 11) is 0. The highest BCUT2D eigenvalue weighted by atomic mass is 19.1. The van der Waals surface area contributed by atoms with Crippen LogP contribution in [0.3, 0.4) is 0 Å². The predicted octanol–water partition coefficient (Wildman–Crippen LogP) is 7.36. The van der Waals surface area contributed by atoms with Crippen molar-refractivity contribution in [3.05, 3.63) is 119 Å². The van der Waals surface area contributed by atoms with Crippen LogP contribution in [-0.4, -0.2) is 53.5 Å². The van der Waals surface area contributed by atoms with Gasteiger partial charge in [-0.05, 0) is 84.5 Å². The van der Waals surface area contributed by atoms with Gasteiger partial charge < -0.3 is 9.74 Å². The number of carbonyl (C=O) groups excluding carboxylic acids is 1. The fourth-order valence-electron chi connectivity index (χ4n) is 5.83. The summed E-state index contributed by atoms with van der Waals surface area (Å²) >= 11 is 0. The van der Waals surface area contributed by atoms with E-state index >= 15 is 0 Å². The minimum atomic E-state index is -0.681. The highest BCUT2D eigenvalue weighted by Gasteiger charge is 2.30. The van der Waals surface area contributed by atoms with Crippen molar-refractivity contribution in [1.82, 2.24) is 14.8 Å². The molecule has 0 spiro atoms. The molecule has 0 unspecified atom stereocenters. The Labute approximate surface area is 262 Å². The largest absolute Gasteiger partial charge is 0.408 e. The molecule has 0 aliphatic carbocycles. The third kappa shape index (κ3) is 7.64. The number of nitrogens with two attached hydrogens (primary N) is 1. The predicted molar refractivity (Wildman–Crippen MR) is 169 cm³/mol. The lowest BCUT2D eigenvalue weighted by Crippen LogP contribution is -2.52. The minimum Gasteiger partial charge on any atom is -0.408 e. The van der Waals surface area contributed by atoms with Crippen LogP contribution in [0.15, 0.2) is 85.1 Å². The fraction of sp³-hybridized carbons (Fsp3) is 0.314. The Kier molecular flexibility index (Phi) is 10.4. The molecule has 2 amide bonds. The zero-order valence-corrected chi connectivity index (χ0v) is 25.5. The van der Waals surface area contributed by atoms with Crippen LogP contribution in [0.1, 0.15) is 55.2 Å². The van der Waals surface area contributed by atoms with Crippen molar-refractivity contribution in [3.63, 3.8) is 0 Å². The Morgan fingerprint density at radius 2 is 1.53 bits per heavy atom. The number of amides is 2. The van der Waals surface area contributed by atoms with Gasteiger partial charge in [-0.3, -0.25) is 4.90 Å². The molecule has 0 radical (unpaired) electrons. The Morgan fingerprint density at radius 1 is 0.911 bits per heavy atom. The van der Waals surface area contributed by atoms with Crippen LogP contribution in [0, 0.1) is 17.5 Å². The summed E-state index contributed by atoms with van der Waals surface area (Å²) in [6.07, 6.45) is 3.29. The summed E-state index contributed by atoms with van der Waals surface area (Å²) in [6, 6.07) is 20.6. The van der Waals surface area contributed by atoms with Crippen molar-refractivity contribution >= 4 is 17.5 Å². The van der Waals surface area contributed by atoms with Gasteiger partial charge in [-0.1, -0.05) is 44.2 Å². The molecule has 4 aromatic rings. The van der Waals surface area contributed by atoms with Crippen LogP contribution in [-0.2, 0) is 0 Å². The molecule has 45 heavy (non-hydrogen) atoms. The number of aromatic nitrogens is 1. The van der Waals surface area contributed by atoms with Crippen LogP contribution in [0.5, 0.6) is 5.75 Å². The van der Waals surface area contributed by atoms with Crippen molar-refractivity contribution in [2.24, 2.45) is 5.90 Å². The number of rotatable bonds is 10. The molecule has 2 heterocycles. The van der Waals surface area contributed by atoms with Gasteiger partial charge in [0.25, 0.3) is 0 Å². The van der Waals surface area contributed by atoms with E-state index in [4.69, 9.17) is 5.90 Å². The SMILES string of the molecule is CC(C)c1cccnc1N(C(=O)N1CCN(CCCC(c2ccc(F)cc2)c2ccc(F)cc2)CC1)c1ccc(ON)c(F)c1. The van der Waals surface area contributed by atoms with Gasteiger partial charge in [0.2, 0.25) is 0 Å². The molecule has 2 N–H and O–H groups in total. The van der Waals surface area contributed by atoms with E-state index in [1.54, 1.807) is 41.4 Å². The average molecular weight is 618 g/mol. The normalized spacial score (nSPS) is 13.8. The van der Waals surface area contributed by atoms with Crippen LogP contribution < -0.4 is 15.6 Å². The van der Waals surface area contributed by atoms with E-state index in [1.165, 1.54) is 41.3 Å². The first-order valence-corrected chi connectivity index (χ1v) is 15.2. The first-order chi connectivity index (χ1) is 21.7. The van der Waals surface area contributed by atoms with Crippen molar-refractivity contribution < 1.29 is 22.8 Å². The second-order valence-corrected chi connectivity index (χ2v) is 11.5. The summed E-state index contributed by atoms with van der Waals surface area (Å²) in [5.41, 5.74) is 3.16. The third-order valence-corrected chi connectivity index (χ3v) is 8.30. The minimum absolute atomic E-state index is 0.00704. The molecule has 1 fully saturated rings. The quantitative estimate of drug-likeness (QED) is 0.188. The molecule has 236 valence electrons. The van der Waals surface area contributed by atoms with Gasteiger partial charge in [-0.25, -0.2) is 27.8 Å². The van der Waals surface area contributed by atoms with Gasteiger partial charge in [-0.2, -0.15) is 5.90 Å². The Balaban J connectivity index is 1.26. The van der Waals surface area contributed by atoms with E-state index in [0.717, 1.165) is 36.1 Å². The van der Waals surface area contributed by atoms with Gasteiger partial charge in [0.05, 0.1) is 5.69 Å². The maximum atomic E-state index is 14.8. The second-order valence-electron chi connectivity index (χ2n) is 11.5. The molecule has 1 aliphatic heterocycles. The van der Waals surface area contributed by atoms with Crippen molar-refractivity contribution in [3.8, 4) is 5.75 Å². The van der Waals surface area contributed by atoms with E-state index < -0.39 is 5.82 Å². The summed E-state index contributed by atoms with van der Waals surface area (Å²) in [4.78, 5) is 28.8. The number of halogens is 3. The number of hydrogen-bond donors (Lipinski definition) is 1. The molecule has 7 nitrogen and oxygen atoms in total. The van der Waals surface area contributed by atoms with Gasteiger partial charge in [0.15, 0.2) is 11.6 Å². The Bertz CT molecular complexity index is 1530. The number of benzene rings is 3. The maximum Gasteiger partial charge on any atom is 0.330 e.